The van der Waals surface area contributed by atoms with Gasteiger partial charge in [-0.3, -0.25) is 9.69 Å². The fourth-order valence-corrected chi connectivity index (χ4v) is 2.62. The summed E-state index contributed by atoms with van der Waals surface area (Å²) in [5.41, 5.74) is 0. The van der Waals surface area contributed by atoms with Gasteiger partial charge in [0, 0.05) is 32.2 Å². The van der Waals surface area contributed by atoms with Crippen LogP contribution < -0.4 is 5.32 Å². The number of likely N-dealkylation sites (N-methyl/N-ethyl adjacent to an activating group) is 1. The molecule has 0 saturated carbocycles. The van der Waals surface area contributed by atoms with Crippen LogP contribution in [0.4, 0.5) is 0 Å². The maximum absolute atomic E-state index is 11.8. The van der Waals surface area contributed by atoms with Crippen molar-refractivity contribution in [1.82, 2.24) is 15.1 Å². The highest BCUT2D eigenvalue weighted by Crippen LogP contribution is 2.20. The Kier molecular flexibility index (Phi) is 2.98. The summed E-state index contributed by atoms with van der Waals surface area (Å²) in [7, 11) is 2.09. The molecule has 0 aromatic heterocycles. The molecule has 0 aromatic carbocycles. The van der Waals surface area contributed by atoms with E-state index in [1.807, 2.05) is 0 Å². The van der Waals surface area contributed by atoms with Gasteiger partial charge in [0.2, 0.25) is 5.91 Å². The molecule has 1 amide bonds. The van der Waals surface area contributed by atoms with Crippen LogP contribution in [-0.4, -0.2) is 61.0 Å². The van der Waals surface area contributed by atoms with Crippen LogP contribution in [0.2, 0.25) is 0 Å². The first-order valence-corrected chi connectivity index (χ1v) is 5.81. The Bertz CT molecular complexity index is 254. The van der Waals surface area contributed by atoms with Crippen molar-refractivity contribution in [3.05, 3.63) is 0 Å². The van der Waals surface area contributed by atoms with Gasteiger partial charge in [-0.05, 0) is 13.0 Å². The fraction of sp³-hybridized carbons (Fsp3) is 0.909. The largest absolute Gasteiger partial charge is 0.353 e. The second kappa shape index (κ2) is 4.10. The number of carbonyl (C=O) groups excluding carboxylic acids is 1. The predicted octanol–water partition coefficient (Wildman–Crippen LogP) is -0.243. The lowest BCUT2D eigenvalue weighted by Crippen LogP contribution is -2.68. The van der Waals surface area contributed by atoms with Gasteiger partial charge >= 0.3 is 0 Å². The molecule has 0 bridgehead atoms. The minimum atomic E-state index is 0.0740. The third kappa shape index (κ3) is 2.01. The number of nitrogens with zero attached hydrogens (tertiary/aromatic N) is 2. The molecule has 2 unspecified atom stereocenters. The molecule has 0 aromatic rings. The van der Waals surface area contributed by atoms with Crippen LogP contribution in [0.1, 0.15) is 13.8 Å². The molecular formula is C11H21N3O. The van der Waals surface area contributed by atoms with Crippen molar-refractivity contribution in [2.75, 3.05) is 33.2 Å². The number of fused-ring (bicyclic) bond motifs is 1. The molecular weight excluding hydrogens is 190 g/mol. The highest BCUT2D eigenvalue weighted by molar-refractivity contribution is 5.83. The normalized spacial score (nSPS) is 34.0. The lowest BCUT2D eigenvalue weighted by atomic mass is 9.95. The maximum Gasteiger partial charge on any atom is 0.238 e. The molecule has 0 radical (unpaired) electrons. The first-order chi connectivity index (χ1) is 7.09. The summed E-state index contributed by atoms with van der Waals surface area (Å²) in [6, 6.07) is 0.589. The Morgan fingerprint density at radius 2 is 2.13 bits per heavy atom. The van der Waals surface area contributed by atoms with Crippen LogP contribution in [0.5, 0.6) is 0 Å². The molecule has 2 saturated heterocycles. The molecule has 2 heterocycles. The van der Waals surface area contributed by atoms with Gasteiger partial charge in [-0.25, -0.2) is 0 Å². The summed E-state index contributed by atoms with van der Waals surface area (Å²) >= 11 is 0. The van der Waals surface area contributed by atoms with Gasteiger partial charge in [-0.1, -0.05) is 13.8 Å². The van der Waals surface area contributed by atoms with E-state index in [2.05, 4.69) is 36.0 Å². The number of rotatable bonds is 1. The Morgan fingerprint density at radius 1 is 1.40 bits per heavy atom. The van der Waals surface area contributed by atoms with E-state index in [9.17, 15) is 4.79 Å². The second-order valence-corrected chi connectivity index (χ2v) is 5.07. The van der Waals surface area contributed by atoms with Crippen LogP contribution >= 0.6 is 0 Å². The molecule has 1 N–H and O–H groups in total. The van der Waals surface area contributed by atoms with Crippen molar-refractivity contribution < 1.29 is 4.79 Å². The van der Waals surface area contributed by atoms with Gasteiger partial charge in [0.25, 0.3) is 0 Å². The van der Waals surface area contributed by atoms with E-state index in [4.69, 9.17) is 0 Å². The smallest absolute Gasteiger partial charge is 0.238 e. The monoisotopic (exact) mass is 211 g/mol. The maximum atomic E-state index is 11.8. The van der Waals surface area contributed by atoms with E-state index >= 15 is 0 Å². The van der Waals surface area contributed by atoms with Gasteiger partial charge in [-0.15, -0.1) is 0 Å². The zero-order valence-corrected chi connectivity index (χ0v) is 9.86. The predicted molar refractivity (Wildman–Crippen MR) is 59.6 cm³/mol. The van der Waals surface area contributed by atoms with Crippen molar-refractivity contribution in [2.45, 2.75) is 25.9 Å². The highest BCUT2D eigenvalue weighted by Gasteiger charge is 2.39. The van der Waals surface area contributed by atoms with Crippen molar-refractivity contribution >= 4 is 5.91 Å². The lowest BCUT2D eigenvalue weighted by molar-refractivity contribution is -0.135. The summed E-state index contributed by atoms with van der Waals surface area (Å²) in [5, 5.41) is 3.03. The van der Waals surface area contributed by atoms with Crippen molar-refractivity contribution in [3.8, 4) is 0 Å². The average molecular weight is 211 g/mol. The minimum Gasteiger partial charge on any atom is -0.353 e. The standard InChI is InChI=1S/C11H21N3O/c1-8(2)9-6-12-11(15)10-7-13(3)4-5-14(9)10/h8-10H,4-7H2,1-3H3,(H,12,15). The Hall–Kier alpha value is -0.610. The Morgan fingerprint density at radius 3 is 2.80 bits per heavy atom. The van der Waals surface area contributed by atoms with Gasteiger partial charge < -0.3 is 10.2 Å². The van der Waals surface area contributed by atoms with E-state index in [0.29, 0.717) is 12.0 Å². The number of hydrogen-bond acceptors (Lipinski definition) is 3. The molecule has 2 fully saturated rings. The molecule has 2 aliphatic rings. The summed E-state index contributed by atoms with van der Waals surface area (Å²) in [4.78, 5) is 16.4. The summed E-state index contributed by atoms with van der Waals surface area (Å²) in [5.74, 6) is 0.815. The van der Waals surface area contributed by atoms with Gasteiger partial charge in [-0.2, -0.15) is 0 Å². The molecule has 0 aliphatic carbocycles. The van der Waals surface area contributed by atoms with Crippen molar-refractivity contribution in [3.63, 3.8) is 0 Å². The van der Waals surface area contributed by atoms with E-state index in [1.54, 1.807) is 0 Å². The average Bonchev–Trinajstić information content (AvgIpc) is 2.19. The zero-order valence-electron chi connectivity index (χ0n) is 9.86. The molecule has 0 spiro atoms. The number of piperazine rings is 2. The summed E-state index contributed by atoms with van der Waals surface area (Å²) < 4.78 is 0. The fourth-order valence-electron chi connectivity index (χ4n) is 2.62. The Labute approximate surface area is 91.6 Å². The van der Waals surface area contributed by atoms with Gasteiger partial charge in [0.05, 0.1) is 0 Å². The van der Waals surface area contributed by atoms with Crippen LogP contribution in [0, 0.1) is 5.92 Å². The zero-order chi connectivity index (χ0) is 11.0. The second-order valence-electron chi connectivity index (χ2n) is 5.07. The summed E-state index contributed by atoms with van der Waals surface area (Å²) in [6.07, 6.45) is 0. The van der Waals surface area contributed by atoms with Crippen LogP contribution in [0.3, 0.4) is 0 Å². The van der Waals surface area contributed by atoms with E-state index < -0.39 is 0 Å². The van der Waals surface area contributed by atoms with E-state index in [-0.39, 0.29) is 11.9 Å². The molecule has 15 heavy (non-hydrogen) atoms. The van der Waals surface area contributed by atoms with Gasteiger partial charge in [0.15, 0.2) is 0 Å². The number of hydrogen-bond donors (Lipinski definition) is 1. The highest BCUT2D eigenvalue weighted by atomic mass is 16.2. The number of nitrogens with one attached hydrogen (secondary N) is 1. The van der Waals surface area contributed by atoms with E-state index in [0.717, 1.165) is 26.2 Å². The number of carbonyl (C=O) groups is 1. The van der Waals surface area contributed by atoms with Crippen LogP contribution in [-0.2, 0) is 4.79 Å². The van der Waals surface area contributed by atoms with Gasteiger partial charge in [0.1, 0.15) is 6.04 Å². The van der Waals surface area contributed by atoms with Crippen LogP contribution in [0.15, 0.2) is 0 Å². The van der Waals surface area contributed by atoms with E-state index in [1.165, 1.54) is 0 Å². The minimum absolute atomic E-state index is 0.0740. The van der Waals surface area contributed by atoms with Crippen molar-refractivity contribution in [2.24, 2.45) is 5.92 Å². The first-order valence-electron chi connectivity index (χ1n) is 5.81. The quantitative estimate of drug-likeness (QED) is 0.650. The molecule has 2 aliphatic heterocycles. The summed E-state index contributed by atoms with van der Waals surface area (Å²) in [6.45, 7) is 8.26. The Balaban J connectivity index is 2.12. The first kappa shape index (κ1) is 10.9. The SMILES string of the molecule is CC(C)C1CNC(=O)C2CN(C)CCN21. The topological polar surface area (TPSA) is 35.6 Å². The molecule has 2 rings (SSSR count). The molecule has 2 atom stereocenters. The van der Waals surface area contributed by atoms with Crippen LogP contribution in [0.25, 0.3) is 0 Å². The molecule has 4 nitrogen and oxygen atoms in total. The van der Waals surface area contributed by atoms with Crippen molar-refractivity contribution in [1.29, 1.82) is 0 Å². The molecule has 4 heteroatoms. The third-order valence-corrected chi connectivity index (χ3v) is 3.61. The number of amides is 1. The lowest BCUT2D eigenvalue weighted by Gasteiger charge is -2.48. The molecule has 86 valence electrons. The third-order valence-electron chi connectivity index (χ3n) is 3.61.